The minimum atomic E-state index is -3.81. The third kappa shape index (κ3) is 2.64. The first-order chi connectivity index (χ1) is 8.40. The summed E-state index contributed by atoms with van der Waals surface area (Å²) >= 11 is 0. The lowest BCUT2D eigenvalue weighted by molar-refractivity contribution is 0.316. The molecule has 1 aromatic rings. The first-order valence-corrected chi connectivity index (χ1v) is 7.44. The number of sulfonamides is 1. The number of aryl methyl sites for hydroxylation is 1. The predicted molar refractivity (Wildman–Crippen MR) is 68.1 cm³/mol. The Morgan fingerprint density at radius 1 is 1.44 bits per heavy atom. The summed E-state index contributed by atoms with van der Waals surface area (Å²) in [6.45, 7) is 1.87. The van der Waals surface area contributed by atoms with Gasteiger partial charge in [-0.1, -0.05) is 6.42 Å². The maximum absolute atomic E-state index is 13.8. The lowest BCUT2D eigenvalue weighted by Gasteiger charge is -2.25. The van der Waals surface area contributed by atoms with E-state index in [9.17, 15) is 12.8 Å². The van der Waals surface area contributed by atoms with Crippen molar-refractivity contribution in [1.29, 1.82) is 0 Å². The molecular formula is C12H17FN2O2S. The highest BCUT2D eigenvalue weighted by molar-refractivity contribution is 7.89. The monoisotopic (exact) mass is 272 g/mol. The minimum absolute atomic E-state index is 0.235. The van der Waals surface area contributed by atoms with E-state index in [1.54, 1.807) is 0 Å². The van der Waals surface area contributed by atoms with Crippen molar-refractivity contribution in [1.82, 2.24) is 4.72 Å². The van der Waals surface area contributed by atoms with Gasteiger partial charge in [-0.15, -0.1) is 0 Å². The van der Waals surface area contributed by atoms with Crippen molar-refractivity contribution in [2.75, 3.05) is 12.3 Å². The van der Waals surface area contributed by atoms with Crippen LogP contribution in [0.3, 0.4) is 0 Å². The Balaban J connectivity index is 2.22. The van der Waals surface area contributed by atoms with Crippen LogP contribution in [0.5, 0.6) is 0 Å². The average Bonchev–Trinajstić information content (AvgIpc) is 2.20. The fraction of sp³-hybridized carbons (Fsp3) is 0.500. The summed E-state index contributed by atoms with van der Waals surface area (Å²) < 4.78 is 40.3. The molecule has 0 unspecified atom stereocenters. The highest BCUT2D eigenvalue weighted by atomic mass is 32.2. The predicted octanol–water partition coefficient (Wildman–Crippen LogP) is 1.79. The Kier molecular flexibility index (Phi) is 3.59. The zero-order chi connectivity index (χ0) is 13.3. The van der Waals surface area contributed by atoms with Crippen LogP contribution in [0.25, 0.3) is 0 Å². The number of anilines is 1. The molecule has 0 bridgehead atoms. The lowest BCUT2D eigenvalue weighted by atomic mass is 9.86. The van der Waals surface area contributed by atoms with Gasteiger partial charge in [-0.2, -0.15) is 0 Å². The Labute approximate surface area is 106 Å². The highest BCUT2D eigenvalue weighted by Gasteiger charge is 2.24. The molecule has 1 aliphatic rings. The van der Waals surface area contributed by atoms with Crippen molar-refractivity contribution < 1.29 is 12.8 Å². The zero-order valence-electron chi connectivity index (χ0n) is 10.2. The van der Waals surface area contributed by atoms with Crippen molar-refractivity contribution >= 4 is 15.7 Å². The van der Waals surface area contributed by atoms with Crippen LogP contribution < -0.4 is 10.5 Å². The van der Waals surface area contributed by atoms with Gasteiger partial charge in [-0.25, -0.2) is 17.5 Å². The Morgan fingerprint density at radius 3 is 2.67 bits per heavy atom. The van der Waals surface area contributed by atoms with Gasteiger partial charge in [-0.3, -0.25) is 0 Å². The third-order valence-electron chi connectivity index (χ3n) is 3.32. The molecule has 1 fully saturated rings. The van der Waals surface area contributed by atoms with E-state index in [2.05, 4.69) is 4.72 Å². The molecule has 100 valence electrons. The maximum atomic E-state index is 13.8. The Hall–Kier alpha value is -1.14. The van der Waals surface area contributed by atoms with E-state index in [4.69, 9.17) is 5.73 Å². The second kappa shape index (κ2) is 4.85. The van der Waals surface area contributed by atoms with Crippen LogP contribution in [0.1, 0.15) is 24.8 Å². The smallest absolute Gasteiger partial charge is 0.243 e. The first-order valence-electron chi connectivity index (χ1n) is 5.95. The van der Waals surface area contributed by atoms with Gasteiger partial charge in [0.1, 0.15) is 10.7 Å². The van der Waals surface area contributed by atoms with Gasteiger partial charge in [-0.05, 0) is 43.4 Å². The van der Waals surface area contributed by atoms with Gasteiger partial charge in [0, 0.05) is 12.2 Å². The molecule has 18 heavy (non-hydrogen) atoms. The summed E-state index contributed by atoms with van der Waals surface area (Å²) in [5.74, 6) is -0.352. The fourth-order valence-electron chi connectivity index (χ4n) is 1.96. The number of nitrogen functional groups attached to an aromatic ring is 1. The van der Waals surface area contributed by atoms with Crippen molar-refractivity contribution in [3.63, 3.8) is 0 Å². The van der Waals surface area contributed by atoms with E-state index in [0.29, 0.717) is 12.5 Å². The summed E-state index contributed by atoms with van der Waals surface area (Å²) in [5.41, 5.74) is 6.04. The van der Waals surface area contributed by atoms with Crippen LogP contribution in [-0.4, -0.2) is 15.0 Å². The molecule has 6 heteroatoms. The van der Waals surface area contributed by atoms with E-state index in [1.165, 1.54) is 13.0 Å². The topological polar surface area (TPSA) is 72.2 Å². The molecule has 0 saturated heterocycles. The highest BCUT2D eigenvalue weighted by Crippen LogP contribution is 2.26. The third-order valence-corrected chi connectivity index (χ3v) is 4.74. The normalized spacial score (nSPS) is 16.6. The van der Waals surface area contributed by atoms with Crippen LogP contribution in [0.2, 0.25) is 0 Å². The van der Waals surface area contributed by atoms with Gasteiger partial charge in [0.2, 0.25) is 10.0 Å². The summed E-state index contributed by atoms with van der Waals surface area (Å²) in [7, 11) is -3.81. The summed E-state index contributed by atoms with van der Waals surface area (Å²) in [5, 5.41) is 0. The van der Waals surface area contributed by atoms with Crippen molar-refractivity contribution in [2.24, 2.45) is 5.92 Å². The average molecular weight is 272 g/mol. The van der Waals surface area contributed by atoms with E-state index in [1.807, 2.05) is 0 Å². The van der Waals surface area contributed by atoms with Crippen molar-refractivity contribution in [2.45, 2.75) is 31.1 Å². The summed E-state index contributed by atoms with van der Waals surface area (Å²) in [6.07, 6.45) is 3.19. The number of hydrogen-bond donors (Lipinski definition) is 2. The number of nitrogens with two attached hydrogens (primary N) is 1. The van der Waals surface area contributed by atoms with E-state index < -0.39 is 15.8 Å². The molecule has 2 rings (SSSR count). The van der Waals surface area contributed by atoms with Crippen molar-refractivity contribution in [3.05, 3.63) is 23.5 Å². The van der Waals surface area contributed by atoms with Gasteiger partial charge >= 0.3 is 0 Å². The minimum Gasteiger partial charge on any atom is -0.399 e. The van der Waals surface area contributed by atoms with Crippen LogP contribution in [0, 0.1) is 18.7 Å². The molecule has 0 radical (unpaired) electrons. The Morgan fingerprint density at radius 2 is 2.11 bits per heavy atom. The largest absolute Gasteiger partial charge is 0.399 e. The van der Waals surface area contributed by atoms with E-state index in [-0.39, 0.29) is 16.1 Å². The molecule has 0 atom stereocenters. The molecule has 1 saturated carbocycles. The van der Waals surface area contributed by atoms with Gasteiger partial charge < -0.3 is 5.73 Å². The SMILES string of the molecule is Cc1cc(N)cc(S(=O)(=O)NCC2CCC2)c1F. The number of nitrogens with one attached hydrogen (secondary N) is 1. The standard InChI is InChI=1S/C12H17FN2O2S/c1-8-5-10(14)6-11(12(8)13)18(16,17)15-7-9-3-2-4-9/h5-6,9,15H,2-4,7,14H2,1H3. The summed E-state index contributed by atoms with van der Waals surface area (Å²) in [4.78, 5) is -0.362. The molecule has 1 aliphatic carbocycles. The molecule has 0 spiro atoms. The molecule has 0 aromatic heterocycles. The maximum Gasteiger partial charge on any atom is 0.243 e. The van der Waals surface area contributed by atoms with Gasteiger partial charge in [0.15, 0.2) is 0 Å². The molecule has 0 heterocycles. The molecule has 0 aliphatic heterocycles. The van der Waals surface area contributed by atoms with E-state index in [0.717, 1.165) is 25.3 Å². The number of benzene rings is 1. The molecule has 0 amide bonds. The quantitative estimate of drug-likeness (QED) is 0.821. The van der Waals surface area contributed by atoms with E-state index >= 15 is 0 Å². The number of hydrogen-bond acceptors (Lipinski definition) is 3. The van der Waals surface area contributed by atoms with Crippen LogP contribution >= 0.6 is 0 Å². The van der Waals surface area contributed by atoms with Crippen LogP contribution in [0.4, 0.5) is 10.1 Å². The van der Waals surface area contributed by atoms with Gasteiger partial charge in [0.05, 0.1) is 0 Å². The molecule has 4 nitrogen and oxygen atoms in total. The fourth-order valence-corrected chi connectivity index (χ4v) is 3.26. The lowest BCUT2D eigenvalue weighted by Crippen LogP contribution is -2.32. The number of rotatable bonds is 4. The van der Waals surface area contributed by atoms with Crippen LogP contribution in [0.15, 0.2) is 17.0 Å². The molecule has 3 N–H and O–H groups in total. The second-order valence-electron chi connectivity index (χ2n) is 4.80. The van der Waals surface area contributed by atoms with Crippen molar-refractivity contribution in [3.8, 4) is 0 Å². The molecule has 1 aromatic carbocycles. The summed E-state index contributed by atoms with van der Waals surface area (Å²) in [6, 6.07) is 2.58. The Bertz CT molecular complexity index is 553. The van der Waals surface area contributed by atoms with Crippen LogP contribution in [-0.2, 0) is 10.0 Å². The second-order valence-corrected chi connectivity index (χ2v) is 6.53. The molecular weight excluding hydrogens is 255 g/mol. The first kappa shape index (κ1) is 13.3. The zero-order valence-corrected chi connectivity index (χ0v) is 11.1. The number of halogens is 1. The van der Waals surface area contributed by atoms with Gasteiger partial charge in [0.25, 0.3) is 0 Å².